The Balaban J connectivity index is 1.92. The fourth-order valence-electron chi connectivity index (χ4n) is 2.56. The second-order valence-electron chi connectivity index (χ2n) is 4.68. The summed E-state index contributed by atoms with van der Waals surface area (Å²) in [6.07, 6.45) is 6.20. The van der Waals surface area contributed by atoms with Gasteiger partial charge >= 0.3 is 0 Å². The second kappa shape index (κ2) is 4.34. The van der Waals surface area contributed by atoms with Gasteiger partial charge < -0.3 is 5.32 Å². The van der Waals surface area contributed by atoms with Crippen LogP contribution in [0.5, 0.6) is 0 Å². The molecular formula is C14H17N3. The van der Waals surface area contributed by atoms with Crippen molar-refractivity contribution in [3.63, 3.8) is 0 Å². The Kier molecular flexibility index (Phi) is 2.69. The molecule has 2 heterocycles. The maximum atomic E-state index is 4.23. The summed E-state index contributed by atoms with van der Waals surface area (Å²) < 4.78 is 1.87. The highest BCUT2D eigenvalue weighted by Gasteiger charge is 2.12. The number of aromatic nitrogens is 2. The van der Waals surface area contributed by atoms with Gasteiger partial charge in [-0.15, -0.1) is 0 Å². The van der Waals surface area contributed by atoms with E-state index in [2.05, 4.69) is 34.8 Å². The average Bonchev–Trinajstić information content (AvgIpc) is 2.75. The van der Waals surface area contributed by atoms with Gasteiger partial charge in [-0.05, 0) is 35.2 Å². The number of hydrogen-bond acceptors (Lipinski definition) is 2. The lowest BCUT2D eigenvalue weighted by Gasteiger charge is -2.20. The molecule has 0 saturated heterocycles. The van der Waals surface area contributed by atoms with Crippen molar-refractivity contribution in [3.05, 3.63) is 52.8 Å². The molecule has 0 fully saturated rings. The second-order valence-corrected chi connectivity index (χ2v) is 4.68. The molecule has 2 aromatic rings. The zero-order valence-electron chi connectivity index (χ0n) is 10.1. The lowest BCUT2D eigenvalue weighted by Crippen LogP contribution is -2.24. The molecule has 1 aliphatic rings. The van der Waals surface area contributed by atoms with Crippen molar-refractivity contribution < 1.29 is 0 Å². The van der Waals surface area contributed by atoms with Gasteiger partial charge in [-0.2, -0.15) is 5.10 Å². The van der Waals surface area contributed by atoms with Gasteiger partial charge in [0.1, 0.15) is 0 Å². The Morgan fingerprint density at radius 1 is 1.41 bits per heavy atom. The third kappa shape index (κ3) is 2.11. The molecule has 1 aromatic carbocycles. The Hall–Kier alpha value is -1.61. The monoisotopic (exact) mass is 227 g/mol. The Labute approximate surface area is 101 Å². The van der Waals surface area contributed by atoms with Crippen LogP contribution in [0.25, 0.3) is 0 Å². The Morgan fingerprint density at radius 2 is 2.35 bits per heavy atom. The molecule has 88 valence electrons. The van der Waals surface area contributed by atoms with Gasteiger partial charge in [-0.3, -0.25) is 4.68 Å². The van der Waals surface area contributed by atoms with Crippen molar-refractivity contribution in [1.29, 1.82) is 0 Å². The fourth-order valence-corrected chi connectivity index (χ4v) is 2.56. The molecule has 0 spiro atoms. The number of rotatable bonds is 2. The normalized spacial score (nSPS) is 14.6. The third-order valence-electron chi connectivity index (χ3n) is 3.39. The maximum absolute atomic E-state index is 4.23. The quantitative estimate of drug-likeness (QED) is 0.845. The van der Waals surface area contributed by atoms with Gasteiger partial charge in [0.2, 0.25) is 0 Å². The summed E-state index contributed by atoms with van der Waals surface area (Å²) in [5.41, 5.74) is 5.74. The number of aryl methyl sites for hydroxylation is 1. The molecule has 17 heavy (non-hydrogen) atoms. The van der Waals surface area contributed by atoms with E-state index in [1.165, 1.54) is 22.3 Å². The van der Waals surface area contributed by atoms with Crippen LogP contribution in [-0.4, -0.2) is 16.3 Å². The number of hydrogen-bond donors (Lipinski definition) is 1. The zero-order chi connectivity index (χ0) is 11.7. The molecule has 0 atom stereocenters. The minimum Gasteiger partial charge on any atom is -0.312 e. The van der Waals surface area contributed by atoms with Crippen LogP contribution in [0.15, 0.2) is 30.6 Å². The molecule has 1 N–H and O–H groups in total. The van der Waals surface area contributed by atoms with Gasteiger partial charge in [-0.25, -0.2) is 0 Å². The molecule has 3 rings (SSSR count). The van der Waals surface area contributed by atoms with Crippen LogP contribution in [0.3, 0.4) is 0 Å². The summed E-state index contributed by atoms with van der Waals surface area (Å²) >= 11 is 0. The van der Waals surface area contributed by atoms with Gasteiger partial charge in [-0.1, -0.05) is 18.2 Å². The SMILES string of the molecule is Cn1cc(Cc2cccc3c2CCNC3)cn1. The van der Waals surface area contributed by atoms with Crippen molar-refractivity contribution >= 4 is 0 Å². The smallest absolute Gasteiger partial charge is 0.0525 e. The van der Waals surface area contributed by atoms with Crippen LogP contribution in [0.2, 0.25) is 0 Å². The molecule has 0 unspecified atom stereocenters. The first-order chi connectivity index (χ1) is 8.33. The van der Waals surface area contributed by atoms with E-state index >= 15 is 0 Å². The lowest BCUT2D eigenvalue weighted by molar-refractivity contribution is 0.640. The van der Waals surface area contributed by atoms with Crippen LogP contribution in [0.1, 0.15) is 22.3 Å². The minimum absolute atomic E-state index is 0.997. The van der Waals surface area contributed by atoms with Gasteiger partial charge in [0.15, 0.2) is 0 Å². The molecule has 0 aliphatic carbocycles. The van der Waals surface area contributed by atoms with Crippen LogP contribution in [-0.2, 0) is 26.4 Å². The van der Waals surface area contributed by atoms with Crippen molar-refractivity contribution in [2.75, 3.05) is 6.54 Å². The fraction of sp³-hybridized carbons (Fsp3) is 0.357. The summed E-state index contributed by atoms with van der Waals surface area (Å²) in [7, 11) is 1.97. The largest absolute Gasteiger partial charge is 0.312 e. The lowest BCUT2D eigenvalue weighted by atomic mass is 9.92. The van der Waals surface area contributed by atoms with Crippen molar-refractivity contribution in [3.8, 4) is 0 Å². The molecule has 0 bridgehead atoms. The van der Waals surface area contributed by atoms with E-state index in [9.17, 15) is 0 Å². The highest BCUT2D eigenvalue weighted by atomic mass is 15.2. The predicted octanol–water partition coefficient (Wildman–Crippen LogP) is 1.66. The third-order valence-corrected chi connectivity index (χ3v) is 3.39. The summed E-state index contributed by atoms with van der Waals surface area (Å²) in [4.78, 5) is 0. The Bertz CT molecular complexity index is 528. The van der Waals surface area contributed by atoms with E-state index in [0.29, 0.717) is 0 Å². The van der Waals surface area contributed by atoms with Crippen LogP contribution >= 0.6 is 0 Å². The summed E-state index contributed by atoms with van der Waals surface area (Å²) in [5.74, 6) is 0. The van der Waals surface area contributed by atoms with E-state index in [4.69, 9.17) is 0 Å². The van der Waals surface area contributed by atoms with Gasteiger partial charge in [0.25, 0.3) is 0 Å². The molecule has 1 aromatic heterocycles. The van der Waals surface area contributed by atoms with Crippen molar-refractivity contribution in [2.24, 2.45) is 7.05 Å². The predicted molar refractivity (Wildman–Crippen MR) is 67.9 cm³/mol. The van der Waals surface area contributed by atoms with Crippen molar-refractivity contribution in [1.82, 2.24) is 15.1 Å². The summed E-state index contributed by atoms with van der Waals surface area (Å²) in [6.45, 7) is 2.10. The number of nitrogens with zero attached hydrogens (tertiary/aromatic N) is 2. The van der Waals surface area contributed by atoms with E-state index < -0.39 is 0 Å². The first-order valence-corrected chi connectivity index (χ1v) is 6.11. The molecule has 3 heteroatoms. The minimum atomic E-state index is 0.997. The van der Waals surface area contributed by atoms with Crippen LogP contribution in [0.4, 0.5) is 0 Å². The van der Waals surface area contributed by atoms with E-state index in [0.717, 1.165) is 25.9 Å². The molecule has 1 aliphatic heterocycles. The highest BCUT2D eigenvalue weighted by Crippen LogP contribution is 2.21. The standard InChI is InChI=1S/C14H17N3/c1-17-10-11(8-16-17)7-12-3-2-4-13-9-15-6-5-14(12)13/h2-4,8,10,15H,5-7,9H2,1H3. The van der Waals surface area contributed by atoms with Crippen LogP contribution in [0, 0.1) is 0 Å². The molecule has 3 nitrogen and oxygen atoms in total. The molecule has 0 saturated carbocycles. The van der Waals surface area contributed by atoms with Gasteiger partial charge in [0.05, 0.1) is 6.20 Å². The first kappa shape index (κ1) is 10.5. The number of fused-ring (bicyclic) bond motifs is 1. The molecular weight excluding hydrogens is 210 g/mol. The van der Waals surface area contributed by atoms with E-state index in [-0.39, 0.29) is 0 Å². The van der Waals surface area contributed by atoms with Gasteiger partial charge in [0, 0.05) is 26.2 Å². The first-order valence-electron chi connectivity index (χ1n) is 6.11. The summed E-state index contributed by atoms with van der Waals surface area (Å²) in [6, 6.07) is 6.64. The van der Waals surface area contributed by atoms with Crippen molar-refractivity contribution in [2.45, 2.75) is 19.4 Å². The Morgan fingerprint density at radius 3 is 3.18 bits per heavy atom. The molecule has 0 amide bonds. The highest BCUT2D eigenvalue weighted by molar-refractivity contribution is 5.39. The summed E-state index contributed by atoms with van der Waals surface area (Å²) in [5, 5.41) is 7.65. The topological polar surface area (TPSA) is 29.9 Å². The van der Waals surface area contributed by atoms with Crippen LogP contribution < -0.4 is 5.32 Å². The number of benzene rings is 1. The molecule has 0 radical (unpaired) electrons. The zero-order valence-corrected chi connectivity index (χ0v) is 10.1. The maximum Gasteiger partial charge on any atom is 0.0525 e. The average molecular weight is 227 g/mol. The number of nitrogens with one attached hydrogen (secondary N) is 1. The van der Waals surface area contributed by atoms with E-state index in [1.54, 1.807) is 0 Å². The van der Waals surface area contributed by atoms with E-state index in [1.807, 2.05) is 17.9 Å².